The molecule has 1 N–H and O–H groups in total. The second kappa shape index (κ2) is 4.53. The maximum absolute atomic E-state index is 4.58. The first-order chi connectivity index (χ1) is 8.83. The maximum atomic E-state index is 4.58. The zero-order valence-electron chi connectivity index (χ0n) is 10.3. The van der Waals surface area contributed by atoms with Crippen LogP contribution in [0.25, 0.3) is 11.0 Å². The molecule has 1 aromatic heterocycles. The molecular weight excluding hydrogens is 222 g/mol. The molecule has 0 aliphatic carbocycles. The largest absolute Gasteiger partial charge is 0.341 e. The summed E-state index contributed by atoms with van der Waals surface area (Å²) >= 11 is 0. The van der Waals surface area contributed by atoms with Crippen LogP contribution in [0, 0.1) is 0 Å². The lowest BCUT2D eigenvalue weighted by molar-refractivity contribution is 0.885. The van der Waals surface area contributed by atoms with Gasteiger partial charge in [-0.05, 0) is 17.7 Å². The Morgan fingerprint density at radius 3 is 2.50 bits per heavy atom. The number of para-hydroxylation sites is 2. The predicted molar refractivity (Wildman–Crippen MR) is 74.6 cm³/mol. The Morgan fingerprint density at radius 2 is 1.72 bits per heavy atom. The van der Waals surface area contributed by atoms with Gasteiger partial charge in [0.25, 0.3) is 0 Å². The fraction of sp³-hybridized carbons (Fsp3) is 0.133. The molecule has 2 aromatic carbocycles. The number of hydrogen-bond acceptors (Lipinski definition) is 2. The second-order valence-electron chi connectivity index (χ2n) is 4.42. The summed E-state index contributed by atoms with van der Waals surface area (Å²) in [7, 11) is 2.05. The second-order valence-corrected chi connectivity index (χ2v) is 4.42. The van der Waals surface area contributed by atoms with Crippen molar-refractivity contribution in [1.82, 2.24) is 9.97 Å². The number of fused-ring (bicyclic) bond motifs is 1. The number of rotatable bonds is 3. The highest BCUT2D eigenvalue weighted by Crippen LogP contribution is 2.17. The number of nitrogens with one attached hydrogen (secondary N) is 1. The summed E-state index contributed by atoms with van der Waals surface area (Å²) in [5.74, 6) is 0.903. The summed E-state index contributed by atoms with van der Waals surface area (Å²) < 4.78 is 0. The molecule has 0 bridgehead atoms. The van der Waals surface area contributed by atoms with E-state index in [9.17, 15) is 0 Å². The molecule has 0 saturated carbocycles. The van der Waals surface area contributed by atoms with Crippen molar-refractivity contribution in [3.63, 3.8) is 0 Å². The minimum Gasteiger partial charge on any atom is -0.341 e. The van der Waals surface area contributed by atoms with E-state index in [4.69, 9.17) is 0 Å². The third-order valence-electron chi connectivity index (χ3n) is 3.00. The van der Waals surface area contributed by atoms with Gasteiger partial charge in [-0.15, -0.1) is 0 Å². The maximum Gasteiger partial charge on any atom is 0.203 e. The van der Waals surface area contributed by atoms with Crippen molar-refractivity contribution >= 4 is 17.0 Å². The number of anilines is 1. The fourth-order valence-corrected chi connectivity index (χ4v) is 2.05. The van der Waals surface area contributed by atoms with Gasteiger partial charge < -0.3 is 9.88 Å². The summed E-state index contributed by atoms with van der Waals surface area (Å²) in [6.07, 6.45) is 0. The highest BCUT2D eigenvalue weighted by molar-refractivity contribution is 5.77. The van der Waals surface area contributed by atoms with Gasteiger partial charge in [-0.3, -0.25) is 0 Å². The zero-order chi connectivity index (χ0) is 12.4. The van der Waals surface area contributed by atoms with E-state index in [2.05, 4.69) is 39.1 Å². The quantitative estimate of drug-likeness (QED) is 0.758. The van der Waals surface area contributed by atoms with E-state index >= 15 is 0 Å². The van der Waals surface area contributed by atoms with Crippen molar-refractivity contribution in [1.29, 1.82) is 0 Å². The zero-order valence-corrected chi connectivity index (χ0v) is 10.3. The van der Waals surface area contributed by atoms with Crippen LogP contribution in [0.15, 0.2) is 54.6 Å². The Balaban J connectivity index is 1.86. The van der Waals surface area contributed by atoms with Gasteiger partial charge >= 0.3 is 0 Å². The SMILES string of the molecule is CN(Cc1ccccc1)c1nc2ccccc2[nH]1. The molecule has 0 radical (unpaired) electrons. The Hall–Kier alpha value is -2.29. The molecule has 0 fully saturated rings. The molecule has 3 nitrogen and oxygen atoms in total. The number of hydrogen-bond donors (Lipinski definition) is 1. The number of nitrogens with zero attached hydrogens (tertiary/aromatic N) is 2. The lowest BCUT2D eigenvalue weighted by Crippen LogP contribution is -2.17. The normalized spacial score (nSPS) is 10.7. The van der Waals surface area contributed by atoms with Crippen LogP contribution < -0.4 is 4.90 Å². The van der Waals surface area contributed by atoms with Crippen LogP contribution in [-0.4, -0.2) is 17.0 Å². The van der Waals surface area contributed by atoms with Crippen LogP contribution >= 0.6 is 0 Å². The van der Waals surface area contributed by atoms with Crippen molar-refractivity contribution in [3.05, 3.63) is 60.2 Å². The van der Waals surface area contributed by atoms with Crippen LogP contribution in [0.1, 0.15) is 5.56 Å². The van der Waals surface area contributed by atoms with E-state index in [1.54, 1.807) is 0 Å². The summed E-state index contributed by atoms with van der Waals surface area (Å²) in [5.41, 5.74) is 3.36. The average molecular weight is 237 g/mol. The van der Waals surface area contributed by atoms with Crippen molar-refractivity contribution in [2.24, 2.45) is 0 Å². The smallest absolute Gasteiger partial charge is 0.203 e. The fourth-order valence-electron chi connectivity index (χ4n) is 2.05. The summed E-state index contributed by atoms with van der Waals surface area (Å²) in [4.78, 5) is 10.0. The molecular formula is C15H15N3. The van der Waals surface area contributed by atoms with Crippen LogP contribution in [-0.2, 0) is 6.54 Å². The molecule has 1 heterocycles. The number of aromatic nitrogens is 2. The topological polar surface area (TPSA) is 31.9 Å². The molecule has 0 unspecified atom stereocenters. The third-order valence-corrected chi connectivity index (χ3v) is 3.00. The molecule has 0 atom stereocenters. The highest BCUT2D eigenvalue weighted by Gasteiger charge is 2.07. The first-order valence-corrected chi connectivity index (χ1v) is 6.03. The lowest BCUT2D eigenvalue weighted by atomic mass is 10.2. The van der Waals surface area contributed by atoms with Gasteiger partial charge in [0, 0.05) is 13.6 Å². The molecule has 0 aliphatic heterocycles. The van der Waals surface area contributed by atoms with Crippen molar-refractivity contribution in [3.8, 4) is 0 Å². The van der Waals surface area contributed by atoms with E-state index in [0.29, 0.717) is 0 Å². The van der Waals surface area contributed by atoms with Crippen LogP contribution in [0.5, 0.6) is 0 Å². The van der Waals surface area contributed by atoms with Gasteiger partial charge in [0.05, 0.1) is 11.0 Å². The molecule has 0 spiro atoms. The molecule has 3 heteroatoms. The van der Waals surface area contributed by atoms with Gasteiger partial charge in [-0.2, -0.15) is 0 Å². The van der Waals surface area contributed by atoms with E-state index < -0.39 is 0 Å². The van der Waals surface area contributed by atoms with Gasteiger partial charge in [-0.25, -0.2) is 4.98 Å². The number of imidazole rings is 1. The molecule has 3 aromatic rings. The Labute approximate surface area is 106 Å². The molecule has 0 saturated heterocycles. The van der Waals surface area contributed by atoms with Crippen LogP contribution in [0.3, 0.4) is 0 Å². The highest BCUT2D eigenvalue weighted by atomic mass is 15.2. The molecule has 3 rings (SSSR count). The number of aromatic amines is 1. The van der Waals surface area contributed by atoms with Gasteiger partial charge in [0.15, 0.2) is 0 Å². The molecule has 0 aliphatic rings. The molecule has 90 valence electrons. The van der Waals surface area contributed by atoms with Gasteiger partial charge in [0.2, 0.25) is 5.95 Å². The van der Waals surface area contributed by atoms with Gasteiger partial charge in [-0.1, -0.05) is 42.5 Å². The lowest BCUT2D eigenvalue weighted by Gasteiger charge is -2.15. The average Bonchev–Trinajstić information content (AvgIpc) is 2.84. The molecule has 0 amide bonds. The van der Waals surface area contributed by atoms with Crippen LogP contribution in [0.4, 0.5) is 5.95 Å². The molecule has 18 heavy (non-hydrogen) atoms. The standard InChI is InChI=1S/C15H15N3/c1-18(11-12-7-3-2-4-8-12)15-16-13-9-5-6-10-14(13)17-15/h2-10H,11H2,1H3,(H,16,17). The predicted octanol–water partition coefficient (Wildman–Crippen LogP) is 3.20. The number of H-pyrrole nitrogens is 1. The van der Waals surface area contributed by atoms with Crippen molar-refractivity contribution in [2.75, 3.05) is 11.9 Å². The first-order valence-electron chi connectivity index (χ1n) is 6.03. The van der Waals surface area contributed by atoms with Crippen molar-refractivity contribution in [2.45, 2.75) is 6.54 Å². The van der Waals surface area contributed by atoms with Crippen molar-refractivity contribution < 1.29 is 0 Å². The van der Waals surface area contributed by atoms with Crippen LogP contribution in [0.2, 0.25) is 0 Å². The van der Waals surface area contributed by atoms with E-state index in [-0.39, 0.29) is 0 Å². The summed E-state index contributed by atoms with van der Waals surface area (Å²) in [5, 5.41) is 0. The Bertz CT molecular complexity index is 610. The van der Waals surface area contributed by atoms with E-state index in [1.165, 1.54) is 5.56 Å². The monoisotopic (exact) mass is 237 g/mol. The third kappa shape index (κ3) is 2.07. The van der Waals surface area contributed by atoms with Gasteiger partial charge in [0.1, 0.15) is 0 Å². The Morgan fingerprint density at radius 1 is 1.00 bits per heavy atom. The Kier molecular flexibility index (Phi) is 2.73. The minimum absolute atomic E-state index is 0.848. The first kappa shape index (κ1) is 10.8. The van der Waals surface area contributed by atoms with E-state index in [0.717, 1.165) is 23.5 Å². The van der Waals surface area contributed by atoms with E-state index in [1.807, 2.05) is 37.4 Å². The number of benzene rings is 2. The summed E-state index contributed by atoms with van der Waals surface area (Å²) in [6, 6.07) is 18.5. The minimum atomic E-state index is 0.848. The summed E-state index contributed by atoms with van der Waals surface area (Å²) in [6.45, 7) is 0.848.